The van der Waals surface area contributed by atoms with Crippen LogP contribution in [0.15, 0.2) is 79.1 Å². The van der Waals surface area contributed by atoms with Crippen LogP contribution in [-0.4, -0.2) is 26.0 Å². The Morgan fingerprint density at radius 2 is 1.72 bits per heavy atom. The molecule has 0 fully saturated rings. The Balaban J connectivity index is 1.31. The Morgan fingerprint density at radius 1 is 0.938 bits per heavy atom. The lowest BCUT2D eigenvalue weighted by molar-refractivity contribution is 0.262. The molecule has 32 heavy (non-hydrogen) atoms. The van der Waals surface area contributed by atoms with Gasteiger partial charge in [0.15, 0.2) is 0 Å². The van der Waals surface area contributed by atoms with Crippen LogP contribution in [0.5, 0.6) is 0 Å². The maximum absolute atomic E-state index is 12.2. The fraction of sp³-hybridized carbons (Fsp3) is 0.0417. The maximum atomic E-state index is 12.2. The van der Waals surface area contributed by atoms with Crippen LogP contribution < -0.4 is 10.6 Å². The minimum Gasteiger partial charge on any atom is -0.308 e. The van der Waals surface area contributed by atoms with Gasteiger partial charge in [-0.2, -0.15) is 10.2 Å². The third-order valence-corrected chi connectivity index (χ3v) is 5.33. The van der Waals surface area contributed by atoms with E-state index in [4.69, 9.17) is 11.6 Å². The van der Waals surface area contributed by atoms with Gasteiger partial charge in [-0.3, -0.25) is 9.78 Å². The van der Waals surface area contributed by atoms with Crippen LogP contribution >= 0.6 is 11.6 Å². The molecule has 2 amide bonds. The molecule has 0 radical (unpaired) electrons. The summed E-state index contributed by atoms with van der Waals surface area (Å²) in [5.41, 5.74) is 6.20. The van der Waals surface area contributed by atoms with Crippen molar-refractivity contribution in [2.45, 2.75) is 0 Å². The maximum Gasteiger partial charge on any atom is 0.323 e. The normalized spacial score (nSPS) is 10.9. The van der Waals surface area contributed by atoms with Gasteiger partial charge < -0.3 is 10.6 Å². The van der Waals surface area contributed by atoms with E-state index in [1.54, 1.807) is 35.1 Å². The van der Waals surface area contributed by atoms with E-state index in [1.807, 2.05) is 37.5 Å². The Bertz CT molecular complexity index is 1420. The lowest BCUT2D eigenvalue weighted by atomic mass is 10.0. The Morgan fingerprint density at radius 3 is 2.47 bits per heavy atom. The highest BCUT2D eigenvalue weighted by molar-refractivity contribution is 6.30. The minimum atomic E-state index is -0.332. The molecule has 0 aliphatic heterocycles. The van der Waals surface area contributed by atoms with Gasteiger partial charge in [-0.15, -0.1) is 0 Å². The number of aromatic amines is 1. The molecule has 0 aliphatic carbocycles. The predicted molar refractivity (Wildman–Crippen MR) is 128 cm³/mol. The standard InChI is InChI=1S/C24H19ClN6O/c1-31-14-17(13-26-31)23-21-10-7-16(11-22(21)29-30-23)15-5-8-19(9-6-15)27-24(32)28-20-4-2-3-18(25)12-20/h2-14H,1H3,(H,29,30)(H2,27,28,32). The number of carbonyl (C=O) groups is 1. The van der Waals surface area contributed by atoms with Crippen molar-refractivity contribution in [3.8, 4) is 22.4 Å². The quantitative estimate of drug-likeness (QED) is 0.322. The number of halogens is 1. The van der Waals surface area contributed by atoms with Crippen molar-refractivity contribution < 1.29 is 4.79 Å². The number of aromatic nitrogens is 4. The average molecular weight is 443 g/mol. The monoisotopic (exact) mass is 442 g/mol. The van der Waals surface area contributed by atoms with Gasteiger partial charge in [0.05, 0.1) is 11.7 Å². The third kappa shape index (κ3) is 4.06. The summed E-state index contributed by atoms with van der Waals surface area (Å²) >= 11 is 5.95. The van der Waals surface area contributed by atoms with E-state index < -0.39 is 0 Å². The topological polar surface area (TPSA) is 87.6 Å². The predicted octanol–water partition coefficient (Wildman–Crippen LogP) is 5.93. The van der Waals surface area contributed by atoms with Gasteiger partial charge in [-0.05, 0) is 53.6 Å². The minimum absolute atomic E-state index is 0.332. The Labute approximate surface area is 189 Å². The van der Waals surface area contributed by atoms with Crippen molar-refractivity contribution in [2.75, 3.05) is 10.6 Å². The van der Waals surface area contributed by atoms with Gasteiger partial charge in [0.25, 0.3) is 0 Å². The van der Waals surface area contributed by atoms with Gasteiger partial charge in [-0.25, -0.2) is 4.79 Å². The molecule has 3 aromatic carbocycles. The molecule has 7 nitrogen and oxygen atoms in total. The molecule has 0 atom stereocenters. The number of rotatable bonds is 4. The zero-order chi connectivity index (χ0) is 22.1. The summed E-state index contributed by atoms with van der Waals surface area (Å²) in [5.74, 6) is 0. The van der Waals surface area contributed by atoms with E-state index >= 15 is 0 Å². The van der Waals surface area contributed by atoms with Crippen molar-refractivity contribution in [2.24, 2.45) is 7.05 Å². The zero-order valence-corrected chi connectivity index (χ0v) is 17.9. The second-order valence-corrected chi connectivity index (χ2v) is 7.84. The number of nitrogens with one attached hydrogen (secondary N) is 3. The van der Waals surface area contributed by atoms with Crippen molar-refractivity contribution in [1.29, 1.82) is 0 Å². The summed E-state index contributed by atoms with van der Waals surface area (Å²) in [4.78, 5) is 12.2. The smallest absolute Gasteiger partial charge is 0.308 e. The van der Waals surface area contributed by atoms with Crippen LogP contribution in [0.4, 0.5) is 16.2 Å². The number of amides is 2. The lowest BCUT2D eigenvalue weighted by Gasteiger charge is -2.09. The van der Waals surface area contributed by atoms with Crippen molar-refractivity contribution in [1.82, 2.24) is 20.0 Å². The molecule has 3 N–H and O–H groups in total. The van der Waals surface area contributed by atoms with Crippen molar-refractivity contribution in [3.63, 3.8) is 0 Å². The summed E-state index contributed by atoms with van der Waals surface area (Å²) in [6, 6.07) is 20.5. The lowest BCUT2D eigenvalue weighted by Crippen LogP contribution is -2.19. The molecule has 8 heteroatoms. The van der Waals surface area contributed by atoms with Gasteiger partial charge in [0.1, 0.15) is 5.69 Å². The highest BCUT2D eigenvalue weighted by Gasteiger charge is 2.11. The number of aryl methyl sites for hydroxylation is 1. The molecule has 5 rings (SSSR count). The first-order chi connectivity index (χ1) is 15.5. The van der Waals surface area contributed by atoms with E-state index in [0.717, 1.165) is 33.3 Å². The third-order valence-electron chi connectivity index (χ3n) is 5.10. The summed E-state index contributed by atoms with van der Waals surface area (Å²) in [7, 11) is 1.88. The second-order valence-electron chi connectivity index (χ2n) is 7.40. The summed E-state index contributed by atoms with van der Waals surface area (Å²) in [6.07, 6.45) is 3.75. The van der Waals surface area contributed by atoms with Gasteiger partial charge in [0, 0.05) is 40.6 Å². The van der Waals surface area contributed by atoms with Gasteiger partial charge in [0.2, 0.25) is 0 Å². The van der Waals surface area contributed by atoms with Crippen LogP contribution in [0.1, 0.15) is 0 Å². The molecule has 5 aromatic rings. The summed E-state index contributed by atoms with van der Waals surface area (Å²) < 4.78 is 1.76. The van der Waals surface area contributed by atoms with E-state index in [0.29, 0.717) is 16.4 Å². The van der Waals surface area contributed by atoms with Crippen molar-refractivity contribution in [3.05, 3.63) is 84.1 Å². The van der Waals surface area contributed by atoms with Crippen LogP contribution in [0.2, 0.25) is 5.02 Å². The number of hydrogen-bond donors (Lipinski definition) is 3. The average Bonchev–Trinajstić information content (AvgIpc) is 3.39. The van der Waals surface area contributed by atoms with Gasteiger partial charge >= 0.3 is 6.03 Å². The highest BCUT2D eigenvalue weighted by Crippen LogP contribution is 2.30. The molecule has 158 valence electrons. The second kappa shape index (κ2) is 8.20. The largest absolute Gasteiger partial charge is 0.323 e. The fourth-order valence-electron chi connectivity index (χ4n) is 3.57. The zero-order valence-electron chi connectivity index (χ0n) is 17.1. The number of urea groups is 1. The molecular formula is C24H19ClN6O. The molecule has 0 saturated carbocycles. The number of benzene rings is 3. The van der Waals surface area contributed by atoms with E-state index in [1.165, 1.54) is 0 Å². The first kappa shape index (κ1) is 19.8. The number of carbonyl (C=O) groups excluding carboxylic acids is 1. The van der Waals surface area contributed by atoms with Crippen LogP contribution in [0.3, 0.4) is 0 Å². The Kier molecular flexibility index (Phi) is 5.09. The molecule has 0 saturated heterocycles. The number of H-pyrrole nitrogens is 1. The SMILES string of the molecule is Cn1cc(-c2n[nH]c3cc(-c4ccc(NC(=O)Nc5cccc(Cl)c5)cc4)ccc23)cn1. The first-order valence-electron chi connectivity index (χ1n) is 9.96. The van der Waals surface area contributed by atoms with Crippen LogP contribution in [-0.2, 0) is 7.05 Å². The molecule has 0 bridgehead atoms. The van der Waals surface area contributed by atoms with Crippen LogP contribution in [0.25, 0.3) is 33.3 Å². The molecule has 2 heterocycles. The number of nitrogens with zero attached hydrogens (tertiary/aromatic N) is 3. The van der Waals surface area contributed by atoms with E-state index in [9.17, 15) is 4.79 Å². The summed E-state index contributed by atoms with van der Waals surface area (Å²) in [5, 5.41) is 19.0. The number of anilines is 2. The fourth-order valence-corrected chi connectivity index (χ4v) is 3.76. The molecule has 0 unspecified atom stereocenters. The summed E-state index contributed by atoms with van der Waals surface area (Å²) in [6.45, 7) is 0. The van der Waals surface area contributed by atoms with Gasteiger partial charge in [-0.1, -0.05) is 35.9 Å². The first-order valence-corrected chi connectivity index (χ1v) is 10.3. The van der Waals surface area contributed by atoms with E-state index in [2.05, 4.69) is 44.1 Å². The molecule has 0 spiro atoms. The van der Waals surface area contributed by atoms with Crippen LogP contribution in [0, 0.1) is 0 Å². The Hall–Kier alpha value is -4.10. The molecule has 0 aliphatic rings. The molecule has 2 aromatic heterocycles. The number of fused-ring (bicyclic) bond motifs is 1. The molecular weight excluding hydrogens is 424 g/mol. The highest BCUT2D eigenvalue weighted by atomic mass is 35.5. The van der Waals surface area contributed by atoms with E-state index in [-0.39, 0.29) is 6.03 Å². The van der Waals surface area contributed by atoms with Crippen molar-refractivity contribution >= 4 is 39.9 Å². The number of hydrogen-bond acceptors (Lipinski definition) is 3.